The van der Waals surface area contributed by atoms with Crippen LogP contribution in [-0.4, -0.2) is 43.3 Å². The van der Waals surface area contributed by atoms with Gasteiger partial charge in [0.25, 0.3) is 0 Å². The number of carbonyl (C=O) groups is 1. The molecule has 5 heteroatoms. The zero-order chi connectivity index (χ0) is 18.6. The predicted octanol–water partition coefficient (Wildman–Crippen LogP) is 4.09. The second-order valence-corrected chi connectivity index (χ2v) is 7.55. The highest BCUT2D eigenvalue weighted by molar-refractivity contribution is 5.91. The maximum Gasteiger partial charge on any atom is 0.318 e. The molecule has 144 valence electrons. The molecule has 2 aromatic carbocycles. The van der Waals surface area contributed by atoms with Crippen LogP contribution in [0.1, 0.15) is 37.7 Å². The van der Waals surface area contributed by atoms with Crippen LogP contribution in [0.5, 0.6) is 5.75 Å². The third kappa shape index (κ3) is 3.88. The van der Waals surface area contributed by atoms with E-state index in [-0.39, 0.29) is 12.1 Å². The Morgan fingerprint density at radius 2 is 1.93 bits per heavy atom. The number of amides is 2. The van der Waals surface area contributed by atoms with E-state index < -0.39 is 0 Å². The highest BCUT2D eigenvalue weighted by atomic mass is 16.5. The fourth-order valence-corrected chi connectivity index (χ4v) is 4.32. The SMILES string of the molecule is COc1ccc(CN(C(=O)N[C@H]2CCOC2)C2CCCC2)c2ccccc12. The minimum atomic E-state index is 0.0392. The van der Waals surface area contributed by atoms with Gasteiger partial charge in [-0.3, -0.25) is 0 Å². The Morgan fingerprint density at radius 3 is 2.63 bits per heavy atom. The zero-order valence-electron chi connectivity index (χ0n) is 15.9. The number of fused-ring (bicyclic) bond motifs is 1. The third-order valence-electron chi connectivity index (χ3n) is 5.82. The van der Waals surface area contributed by atoms with Crippen molar-refractivity contribution in [1.29, 1.82) is 0 Å². The van der Waals surface area contributed by atoms with Gasteiger partial charge < -0.3 is 19.7 Å². The molecule has 5 nitrogen and oxygen atoms in total. The van der Waals surface area contributed by atoms with Gasteiger partial charge >= 0.3 is 6.03 Å². The van der Waals surface area contributed by atoms with Crippen LogP contribution in [0.2, 0.25) is 0 Å². The smallest absolute Gasteiger partial charge is 0.318 e. The van der Waals surface area contributed by atoms with Crippen molar-refractivity contribution >= 4 is 16.8 Å². The molecular weight excluding hydrogens is 340 g/mol. The van der Waals surface area contributed by atoms with Gasteiger partial charge in [0.15, 0.2) is 0 Å². The first-order valence-corrected chi connectivity index (χ1v) is 9.96. The molecule has 0 unspecified atom stereocenters. The van der Waals surface area contributed by atoms with Crippen LogP contribution in [0, 0.1) is 0 Å². The first-order valence-electron chi connectivity index (χ1n) is 9.96. The van der Waals surface area contributed by atoms with Crippen LogP contribution in [-0.2, 0) is 11.3 Å². The van der Waals surface area contributed by atoms with E-state index >= 15 is 0 Å². The quantitative estimate of drug-likeness (QED) is 0.865. The first kappa shape index (κ1) is 18.1. The van der Waals surface area contributed by atoms with E-state index in [0.717, 1.165) is 48.0 Å². The Balaban J connectivity index is 1.61. The van der Waals surface area contributed by atoms with Crippen molar-refractivity contribution in [2.45, 2.75) is 50.7 Å². The number of nitrogens with zero attached hydrogens (tertiary/aromatic N) is 1. The molecule has 0 aromatic heterocycles. The molecule has 1 saturated carbocycles. The molecule has 1 heterocycles. The highest BCUT2D eigenvalue weighted by Gasteiger charge is 2.29. The fourth-order valence-electron chi connectivity index (χ4n) is 4.32. The number of urea groups is 1. The molecule has 0 spiro atoms. The van der Waals surface area contributed by atoms with Gasteiger partial charge in [0.2, 0.25) is 0 Å². The lowest BCUT2D eigenvalue weighted by Gasteiger charge is -2.31. The average Bonchev–Trinajstić information content (AvgIpc) is 3.40. The van der Waals surface area contributed by atoms with Gasteiger partial charge in [0.1, 0.15) is 5.75 Å². The van der Waals surface area contributed by atoms with Crippen molar-refractivity contribution in [3.8, 4) is 5.75 Å². The van der Waals surface area contributed by atoms with Crippen molar-refractivity contribution in [2.24, 2.45) is 0 Å². The third-order valence-corrected chi connectivity index (χ3v) is 5.82. The summed E-state index contributed by atoms with van der Waals surface area (Å²) in [6.45, 7) is 1.97. The van der Waals surface area contributed by atoms with Gasteiger partial charge in [0.05, 0.1) is 19.8 Å². The Morgan fingerprint density at radius 1 is 1.15 bits per heavy atom. The summed E-state index contributed by atoms with van der Waals surface area (Å²) in [4.78, 5) is 15.1. The Bertz CT molecular complexity index is 795. The minimum Gasteiger partial charge on any atom is -0.496 e. The maximum atomic E-state index is 13.1. The first-order chi connectivity index (χ1) is 13.3. The summed E-state index contributed by atoms with van der Waals surface area (Å²) in [5.74, 6) is 0.870. The molecule has 2 amide bonds. The molecule has 1 aliphatic heterocycles. The van der Waals surface area contributed by atoms with Crippen molar-refractivity contribution in [3.63, 3.8) is 0 Å². The number of rotatable bonds is 5. The van der Waals surface area contributed by atoms with E-state index in [0.29, 0.717) is 19.2 Å². The summed E-state index contributed by atoms with van der Waals surface area (Å²) < 4.78 is 10.9. The van der Waals surface area contributed by atoms with Crippen LogP contribution in [0.4, 0.5) is 4.79 Å². The highest BCUT2D eigenvalue weighted by Crippen LogP contribution is 2.31. The summed E-state index contributed by atoms with van der Waals surface area (Å²) in [7, 11) is 1.70. The van der Waals surface area contributed by atoms with Gasteiger partial charge in [0, 0.05) is 24.6 Å². The van der Waals surface area contributed by atoms with Gasteiger partial charge in [-0.2, -0.15) is 0 Å². The molecule has 0 bridgehead atoms. The number of hydrogen-bond donors (Lipinski definition) is 1. The van der Waals surface area contributed by atoms with E-state index in [1.54, 1.807) is 7.11 Å². The lowest BCUT2D eigenvalue weighted by molar-refractivity contribution is 0.161. The predicted molar refractivity (Wildman–Crippen MR) is 106 cm³/mol. The van der Waals surface area contributed by atoms with E-state index in [4.69, 9.17) is 9.47 Å². The van der Waals surface area contributed by atoms with Crippen molar-refractivity contribution in [2.75, 3.05) is 20.3 Å². The number of ether oxygens (including phenoxy) is 2. The van der Waals surface area contributed by atoms with Crippen molar-refractivity contribution < 1.29 is 14.3 Å². The van der Waals surface area contributed by atoms with E-state index in [1.807, 2.05) is 23.1 Å². The average molecular weight is 368 g/mol. The number of hydrogen-bond acceptors (Lipinski definition) is 3. The van der Waals surface area contributed by atoms with Crippen LogP contribution in [0.3, 0.4) is 0 Å². The molecule has 2 aromatic rings. The number of methoxy groups -OCH3 is 1. The molecule has 1 N–H and O–H groups in total. The lowest BCUT2D eigenvalue weighted by Crippen LogP contribution is -2.48. The minimum absolute atomic E-state index is 0.0392. The zero-order valence-corrected chi connectivity index (χ0v) is 15.9. The summed E-state index contributed by atoms with van der Waals surface area (Å²) >= 11 is 0. The molecule has 0 radical (unpaired) electrons. The second-order valence-electron chi connectivity index (χ2n) is 7.55. The molecule has 2 aliphatic rings. The van der Waals surface area contributed by atoms with Crippen molar-refractivity contribution in [1.82, 2.24) is 10.2 Å². The summed E-state index contributed by atoms with van der Waals surface area (Å²) in [6, 6.07) is 12.8. The molecule has 27 heavy (non-hydrogen) atoms. The standard InChI is InChI=1S/C22H28N2O3/c1-26-21-11-10-16(19-8-4-5-9-20(19)21)14-24(18-6-2-3-7-18)22(25)23-17-12-13-27-15-17/h4-5,8-11,17-18H,2-3,6-7,12-15H2,1H3,(H,23,25)/t17-/m0/s1. The number of nitrogens with one attached hydrogen (secondary N) is 1. The number of benzene rings is 2. The van der Waals surface area contributed by atoms with Gasteiger partial charge in [-0.05, 0) is 36.3 Å². The van der Waals surface area contributed by atoms with Crippen LogP contribution < -0.4 is 10.1 Å². The Kier molecular flexibility index (Phi) is 5.48. The monoisotopic (exact) mass is 368 g/mol. The number of carbonyl (C=O) groups excluding carboxylic acids is 1. The lowest BCUT2D eigenvalue weighted by atomic mass is 10.0. The molecular formula is C22H28N2O3. The van der Waals surface area contributed by atoms with E-state index in [2.05, 4.69) is 23.5 Å². The topological polar surface area (TPSA) is 50.8 Å². The van der Waals surface area contributed by atoms with Crippen LogP contribution in [0.25, 0.3) is 10.8 Å². The normalized spacial score (nSPS) is 20.1. The van der Waals surface area contributed by atoms with Gasteiger partial charge in [-0.25, -0.2) is 4.79 Å². The molecule has 1 atom stereocenters. The van der Waals surface area contributed by atoms with Gasteiger partial charge in [-0.1, -0.05) is 43.2 Å². The summed E-state index contributed by atoms with van der Waals surface area (Å²) in [5.41, 5.74) is 1.16. The maximum absolute atomic E-state index is 13.1. The van der Waals surface area contributed by atoms with Crippen LogP contribution >= 0.6 is 0 Å². The van der Waals surface area contributed by atoms with Crippen LogP contribution in [0.15, 0.2) is 36.4 Å². The second kappa shape index (κ2) is 8.17. The Hall–Kier alpha value is -2.27. The fraction of sp³-hybridized carbons (Fsp3) is 0.500. The molecule has 2 fully saturated rings. The van der Waals surface area contributed by atoms with Crippen molar-refractivity contribution in [3.05, 3.63) is 42.0 Å². The molecule has 4 rings (SSSR count). The Labute approximate surface area is 160 Å². The summed E-state index contributed by atoms with van der Waals surface area (Å²) in [6.07, 6.45) is 5.47. The van der Waals surface area contributed by atoms with Gasteiger partial charge in [-0.15, -0.1) is 0 Å². The van der Waals surface area contributed by atoms with E-state index in [1.165, 1.54) is 12.8 Å². The molecule has 1 saturated heterocycles. The van der Waals surface area contributed by atoms with E-state index in [9.17, 15) is 4.79 Å². The summed E-state index contributed by atoms with van der Waals surface area (Å²) in [5, 5.41) is 5.43. The molecule has 1 aliphatic carbocycles. The largest absolute Gasteiger partial charge is 0.496 e.